The molecule has 0 N–H and O–H groups in total. The largest absolute Gasteiger partial charge is 0.304 e. The summed E-state index contributed by atoms with van der Waals surface area (Å²) < 4.78 is 2.87. The first-order chi connectivity index (χ1) is 11.6. The van der Waals surface area contributed by atoms with Crippen LogP contribution in [0.3, 0.4) is 0 Å². The van der Waals surface area contributed by atoms with Crippen molar-refractivity contribution in [3.05, 3.63) is 81.6 Å². The molecule has 1 amide bonds. The topological polar surface area (TPSA) is 38.1 Å². The molecule has 0 unspecified atom stereocenters. The van der Waals surface area contributed by atoms with Crippen LogP contribution in [0.2, 0.25) is 0 Å². The van der Waals surface area contributed by atoms with E-state index in [2.05, 4.69) is 27.1 Å². The van der Waals surface area contributed by atoms with Gasteiger partial charge in [0.2, 0.25) is 0 Å². The van der Waals surface area contributed by atoms with Gasteiger partial charge in [-0.05, 0) is 35.9 Å². The van der Waals surface area contributed by atoms with Crippen molar-refractivity contribution in [2.45, 2.75) is 13.0 Å². The molecule has 24 heavy (non-hydrogen) atoms. The van der Waals surface area contributed by atoms with Crippen molar-refractivity contribution < 1.29 is 4.79 Å². The summed E-state index contributed by atoms with van der Waals surface area (Å²) in [5.74, 6) is 0.00616. The second-order valence-electron chi connectivity index (χ2n) is 5.94. The summed E-state index contributed by atoms with van der Waals surface area (Å²) in [6.45, 7) is 0.537. The molecule has 1 aliphatic heterocycles. The molecule has 4 nitrogen and oxygen atoms in total. The molecule has 3 aromatic rings. The van der Waals surface area contributed by atoms with Crippen molar-refractivity contribution in [2.24, 2.45) is 7.05 Å². The van der Waals surface area contributed by atoms with Crippen LogP contribution >= 0.6 is 15.9 Å². The van der Waals surface area contributed by atoms with E-state index in [1.54, 1.807) is 0 Å². The highest BCUT2D eigenvalue weighted by molar-refractivity contribution is 9.10. The van der Waals surface area contributed by atoms with E-state index >= 15 is 0 Å². The van der Waals surface area contributed by atoms with Gasteiger partial charge in [0.05, 0.1) is 12.7 Å². The highest BCUT2D eigenvalue weighted by Crippen LogP contribution is 2.31. The number of hydrogen-bond acceptors (Lipinski definition) is 2. The number of hydrogen-bond donors (Lipinski definition) is 0. The number of aromatic nitrogens is 2. The van der Waals surface area contributed by atoms with Crippen molar-refractivity contribution in [2.75, 3.05) is 4.90 Å². The van der Waals surface area contributed by atoms with E-state index in [9.17, 15) is 4.79 Å². The number of anilines is 1. The van der Waals surface area contributed by atoms with Gasteiger partial charge in [-0.3, -0.25) is 9.48 Å². The normalized spacial score (nSPS) is 13.2. The molecule has 120 valence electrons. The first-order valence-corrected chi connectivity index (χ1v) is 8.58. The van der Waals surface area contributed by atoms with Crippen LogP contribution in [-0.4, -0.2) is 15.7 Å². The van der Waals surface area contributed by atoms with E-state index in [0.717, 1.165) is 33.4 Å². The summed E-state index contributed by atoms with van der Waals surface area (Å²) in [5.41, 5.74) is 5.06. The lowest BCUT2D eigenvalue weighted by atomic mass is 10.1. The summed E-state index contributed by atoms with van der Waals surface area (Å²) in [7, 11) is 1.95. The van der Waals surface area contributed by atoms with Crippen LogP contribution in [0.4, 0.5) is 5.69 Å². The SMILES string of the molecule is Cn1ncc2c1Cc1ccccc1N(C(=O)c1ccc(Br)cc1)C2. The number of carbonyl (C=O) groups is 1. The van der Waals surface area contributed by atoms with Crippen LogP contribution in [0.1, 0.15) is 27.2 Å². The number of amides is 1. The molecule has 0 saturated heterocycles. The highest BCUT2D eigenvalue weighted by Gasteiger charge is 2.26. The average Bonchev–Trinajstić information content (AvgIpc) is 2.85. The Bertz CT molecular complexity index is 915. The molecule has 0 fully saturated rings. The predicted octanol–water partition coefficient (Wildman–Crippen LogP) is 3.93. The summed E-state index contributed by atoms with van der Waals surface area (Å²) in [6.07, 6.45) is 2.65. The van der Waals surface area contributed by atoms with Gasteiger partial charge >= 0.3 is 0 Å². The smallest absolute Gasteiger partial charge is 0.258 e. The monoisotopic (exact) mass is 381 g/mol. The molecule has 1 aromatic heterocycles. The maximum atomic E-state index is 13.1. The van der Waals surface area contributed by atoms with Gasteiger partial charge in [0.25, 0.3) is 5.91 Å². The standard InChI is InChI=1S/C19H16BrN3O/c1-22-18-10-14-4-2-3-5-17(14)23(12-15(18)11-21-22)19(24)13-6-8-16(20)9-7-13/h2-9,11H,10,12H2,1H3. The number of nitrogens with zero attached hydrogens (tertiary/aromatic N) is 3. The minimum absolute atomic E-state index is 0.00616. The van der Waals surface area contributed by atoms with Crippen molar-refractivity contribution in [1.29, 1.82) is 0 Å². The van der Waals surface area contributed by atoms with E-state index in [4.69, 9.17) is 0 Å². The van der Waals surface area contributed by atoms with E-state index in [-0.39, 0.29) is 5.91 Å². The van der Waals surface area contributed by atoms with Crippen molar-refractivity contribution in [3.63, 3.8) is 0 Å². The zero-order chi connectivity index (χ0) is 16.7. The zero-order valence-electron chi connectivity index (χ0n) is 13.2. The molecule has 2 heterocycles. The maximum absolute atomic E-state index is 13.1. The molecule has 0 aliphatic carbocycles. The quantitative estimate of drug-likeness (QED) is 0.640. The van der Waals surface area contributed by atoms with Gasteiger partial charge < -0.3 is 4.90 Å². The Labute approximate surface area is 148 Å². The number of carbonyl (C=O) groups excluding carboxylic acids is 1. The van der Waals surface area contributed by atoms with Gasteiger partial charge in [-0.1, -0.05) is 34.1 Å². The second kappa shape index (κ2) is 5.91. The number of rotatable bonds is 1. The molecular weight excluding hydrogens is 366 g/mol. The minimum Gasteiger partial charge on any atom is -0.304 e. The van der Waals surface area contributed by atoms with Gasteiger partial charge in [0, 0.05) is 40.4 Å². The predicted molar refractivity (Wildman–Crippen MR) is 97.1 cm³/mol. The van der Waals surface area contributed by atoms with Crippen LogP contribution < -0.4 is 4.90 Å². The summed E-state index contributed by atoms with van der Waals surface area (Å²) in [4.78, 5) is 15.0. The van der Waals surface area contributed by atoms with Crippen LogP contribution in [0.25, 0.3) is 0 Å². The molecule has 0 spiro atoms. The molecule has 4 rings (SSSR count). The number of halogens is 1. The maximum Gasteiger partial charge on any atom is 0.258 e. The number of benzene rings is 2. The molecule has 1 aliphatic rings. The lowest BCUT2D eigenvalue weighted by Gasteiger charge is -2.23. The average molecular weight is 382 g/mol. The van der Waals surface area contributed by atoms with Gasteiger partial charge in [-0.15, -0.1) is 0 Å². The third-order valence-corrected chi connectivity index (χ3v) is 4.98. The van der Waals surface area contributed by atoms with Gasteiger partial charge in [-0.2, -0.15) is 5.10 Å². The van der Waals surface area contributed by atoms with Crippen molar-refractivity contribution in [3.8, 4) is 0 Å². The number of aryl methyl sites for hydroxylation is 1. The molecule has 5 heteroatoms. The molecule has 0 bridgehead atoms. The molecule has 0 saturated carbocycles. The van der Waals surface area contributed by atoms with Gasteiger partial charge in [-0.25, -0.2) is 0 Å². The Hall–Kier alpha value is -2.40. The minimum atomic E-state index is 0.00616. The van der Waals surface area contributed by atoms with Crippen LogP contribution in [-0.2, 0) is 20.0 Å². The Morgan fingerprint density at radius 2 is 1.83 bits per heavy atom. The fourth-order valence-electron chi connectivity index (χ4n) is 3.16. The first-order valence-electron chi connectivity index (χ1n) is 7.78. The van der Waals surface area contributed by atoms with Gasteiger partial charge in [0.1, 0.15) is 0 Å². The summed E-state index contributed by atoms with van der Waals surface area (Å²) in [6, 6.07) is 15.6. The lowest BCUT2D eigenvalue weighted by Crippen LogP contribution is -2.30. The Kier molecular flexibility index (Phi) is 3.73. The van der Waals surface area contributed by atoms with Gasteiger partial charge in [0.15, 0.2) is 0 Å². The fourth-order valence-corrected chi connectivity index (χ4v) is 3.42. The first kappa shape index (κ1) is 15.1. The van der Waals surface area contributed by atoms with E-state index in [1.165, 1.54) is 0 Å². The molecular formula is C19H16BrN3O. The molecule has 0 atom stereocenters. The Morgan fingerprint density at radius 3 is 2.62 bits per heavy atom. The van der Waals surface area contributed by atoms with Crippen LogP contribution in [0.5, 0.6) is 0 Å². The van der Waals surface area contributed by atoms with Crippen LogP contribution in [0.15, 0.2) is 59.2 Å². The molecule has 2 aromatic carbocycles. The van der Waals surface area contributed by atoms with E-state index < -0.39 is 0 Å². The van der Waals surface area contributed by atoms with E-state index in [1.807, 2.05) is 65.3 Å². The highest BCUT2D eigenvalue weighted by atomic mass is 79.9. The number of fused-ring (bicyclic) bond motifs is 2. The Morgan fingerprint density at radius 1 is 1.08 bits per heavy atom. The number of para-hydroxylation sites is 1. The van der Waals surface area contributed by atoms with Crippen molar-refractivity contribution in [1.82, 2.24) is 9.78 Å². The van der Waals surface area contributed by atoms with Crippen molar-refractivity contribution >= 4 is 27.5 Å². The lowest BCUT2D eigenvalue weighted by molar-refractivity contribution is 0.0985. The van der Waals surface area contributed by atoms with Crippen LogP contribution in [0, 0.1) is 0 Å². The second-order valence-corrected chi connectivity index (χ2v) is 6.86. The zero-order valence-corrected chi connectivity index (χ0v) is 14.8. The molecule has 0 radical (unpaired) electrons. The third-order valence-electron chi connectivity index (χ3n) is 4.45. The fraction of sp³-hybridized carbons (Fsp3) is 0.158. The summed E-state index contributed by atoms with van der Waals surface area (Å²) >= 11 is 3.42. The van der Waals surface area contributed by atoms with E-state index in [0.29, 0.717) is 12.1 Å². The summed E-state index contributed by atoms with van der Waals surface area (Å²) in [5, 5.41) is 4.36. The third kappa shape index (κ3) is 2.55. The Balaban J connectivity index is 1.81.